The van der Waals surface area contributed by atoms with Gasteiger partial charge in [-0.15, -0.1) is 0 Å². The van der Waals surface area contributed by atoms with E-state index in [1.54, 1.807) is 0 Å². The van der Waals surface area contributed by atoms with Crippen molar-refractivity contribution in [2.24, 2.45) is 0 Å². The van der Waals surface area contributed by atoms with Crippen molar-refractivity contribution in [3.8, 4) is 11.5 Å². The minimum absolute atomic E-state index is 0.231. The van der Waals surface area contributed by atoms with Crippen molar-refractivity contribution >= 4 is 5.69 Å². The third kappa shape index (κ3) is 3.40. The third-order valence-corrected chi connectivity index (χ3v) is 1.86. The van der Waals surface area contributed by atoms with Gasteiger partial charge in [0.1, 0.15) is 0 Å². The van der Waals surface area contributed by atoms with Gasteiger partial charge in [0.25, 0.3) is 0 Å². The summed E-state index contributed by atoms with van der Waals surface area (Å²) in [6.07, 6.45) is -3.97. The van der Waals surface area contributed by atoms with Crippen LogP contribution in [0.1, 0.15) is 0 Å². The van der Waals surface area contributed by atoms with Crippen LogP contribution in [-0.2, 0) is 0 Å². The highest BCUT2D eigenvalue weighted by atomic mass is 19.3. The number of hydrogen-bond donors (Lipinski definition) is 1. The molecular formula is C10H11F4NO2. The molecule has 1 N–H and O–H groups in total. The monoisotopic (exact) mass is 253 g/mol. The zero-order valence-electron chi connectivity index (χ0n) is 8.97. The van der Waals surface area contributed by atoms with E-state index < -0.39 is 25.4 Å². The lowest BCUT2D eigenvalue weighted by atomic mass is 10.2. The van der Waals surface area contributed by atoms with Gasteiger partial charge < -0.3 is 14.8 Å². The van der Waals surface area contributed by atoms with Gasteiger partial charge in [-0.3, -0.25) is 0 Å². The van der Waals surface area contributed by atoms with E-state index in [-0.39, 0.29) is 11.4 Å². The van der Waals surface area contributed by atoms with Crippen molar-refractivity contribution in [3.05, 3.63) is 18.2 Å². The van der Waals surface area contributed by atoms with Gasteiger partial charge in [-0.2, -0.15) is 8.78 Å². The van der Waals surface area contributed by atoms with Crippen molar-refractivity contribution in [3.63, 3.8) is 0 Å². The van der Waals surface area contributed by atoms with Gasteiger partial charge in [0, 0.05) is 7.05 Å². The smallest absolute Gasteiger partial charge is 0.427 e. The summed E-state index contributed by atoms with van der Waals surface area (Å²) in [6.45, 7) is -3.19. The molecule has 96 valence electrons. The molecule has 0 aromatic heterocycles. The molecule has 0 radical (unpaired) electrons. The predicted octanol–water partition coefficient (Wildman–Crippen LogP) is 2.98. The highest BCUT2D eigenvalue weighted by Crippen LogP contribution is 2.37. The van der Waals surface area contributed by atoms with Crippen LogP contribution in [-0.4, -0.2) is 26.7 Å². The van der Waals surface area contributed by atoms with E-state index in [9.17, 15) is 17.6 Å². The number of anilines is 1. The number of nitrogens with one attached hydrogen (secondary N) is 1. The van der Waals surface area contributed by atoms with Crippen molar-refractivity contribution in [2.75, 3.05) is 25.9 Å². The maximum absolute atomic E-state index is 12.7. The van der Waals surface area contributed by atoms with Crippen molar-refractivity contribution < 1.29 is 27.0 Å². The van der Waals surface area contributed by atoms with Gasteiger partial charge in [0.15, 0.2) is 18.2 Å². The summed E-state index contributed by atoms with van der Waals surface area (Å²) in [4.78, 5) is 0. The predicted molar refractivity (Wildman–Crippen MR) is 54.1 cm³/mol. The first-order valence-corrected chi connectivity index (χ1v) is 4.66. The lowest BCUT2D eigenvalue weighted by Gasteiger charge is -2.18. The fourth-order valence-corrected chi connectivity index (χ4v) is 1.18. The summed E-state index contributed by atoms with van der Waals surface area (Å²) in [5.74, 6) is -0.664. The molecule has 0 spiro atoms. The number of rotatable bonds is 6. The fourth-order valence-electron chi connectivity index (χ4n) is 1.18. The highest BCUT2D eigenvalue weighted by molar-refractivity contribution is 5.62. The summed E-state index contributed by atoms with van der Waals surface area (Å²) in [6, 6.07) is 4.00. The normalized spacial score (nSPS) is 11.1. The maximum Gasteiger partial charge on any atom is 0.427 e. The molecule has 0 bridgehead atoms. The van der Waals surface area contributed by atoms with Crippen LogP contribution in [0.4, 0.5) is 23.2 Å². The second-order valence-electron chi connectivity index (χ2n) is 3.01. The maximum atomic E-state index is 12.7. The Kier molecular flexibility index (Phi) is 4.42. The molecule has 17 heavy (non-hydrogen) atoms. The van der Waals surface area contributed by atoms with Gasteiger partial charge in [-0.25, -0.2) is 8.78 Å². The number of alkyl halides is 4. The topological polar surface area (TPSA) is 30.5 Å². The Morgan fingerprint density at radius 3 is 2.53 bits per heavy atom. The second-order valence-corrected chi connectivity index (χ2v) is 3.01. The largest absolute Gasteiger partial charge is 0.457 e. The highest BCUT2D eigenvalue weighted by Gasteiger charge is 2.33. The first-order chi connectivity index (χ1) is 8.04. The van der Waals surface area contributed by atoms with Crippen LogP contribution in [0.15, 0.2) is 18.2 Å². The molecule has 0 saturated carbocycles. The Labute approximate surface area is 95.3 Å². The number of halogens is 4. The molecule has 1 aromatic rings. The molecule has 0 aliphatic rings. The molecule has 0 atom stereocenters. The van der Waals surface area contributed by atoms with Gasteiger partial charge >= 0.3 is 6.11 Å². The molecule has 0 amide bonds. The van der Waals surface area contributed by atoms with Crippen LogP contribution in [0.25, 0.3) is 0 Å². The van der Waals surface area contributed by atoms with E-state index in [0.29, 0.717) is 0 Å². The standard InChI is InChI=1S/C10H11F4NO2/c1-15-7-3-2-4-8(9(7)16-6-12)17-10(13,14)5-11/h2-4,15H,5-6H2,1H3. The fraction of sp³-hybridized carbons (Fsp3) is 0.400. The third-order valence-electron chi connectivity index (χ3n) is 1.86. The van der Waals surface area contributed by atoms with E-state index in [1.165, 1.54) is 19.2 Å². The number of para-hydroxylation sites is 1. The quantitative estimate of drug-likeness (QED) is 0.790. The Hall–Kier alpha value is -1.66. The lowest BCUT2D eigenvalue weighted by Crippen LogP contribution is -2.27. The second kappa shape index (κ2) is 5.60. The zero-order valence-corrected chi connectivity index (χ0v) is 8.97. The summed E-state index contributed by atoms with van der Waals surface area (Å²) >= 11 is 0. The molecule has 1 aromatic carbocycles. The number of hydrogen-bond acceptors (Lipinski definition) is 3. The molecular weight excluding hydrogens is 242 g/mol. The summed E-state index contributed by atoms with van der Waals surface area (Å²) in [5, 5.41) is 2.61. The van der Waals surface area contributed by atoms with Crippen LogP contribution in [0.2, 0.25) is 0 Å². The van der Waals surface area contributed by atoms with Gasteiger partial charge in [-0.05, 0) is 12.1 Å². The molecule has 7 heteroatoms. The van der Waals surface area contributed by atoms with E-state index in [0.717, 1.165) is 6.07 Å². The van der Waals surface area contributed by atoms with Crippen LogP contribution in [0.3, 0.4) is 0 Å². The summed E-state index contributed by atoms with van der Waals surface area (Å²) in [7, 11) is 1.50. The molecule has 1 rings (SSSR count). The van der Waals surface area contributed by atoms with Crippen LogP contribution >= 0.6 is 0 Å². The molecule has 0 aliphatic heterocycles. The van der Waals surface area contributed by atoms with Crippen LogP contribution < -0.4 is 14.8 Å². The van der Waals surface area contributed by atoms with Gasteiger partial charge in [0.2, 0.25) is 6.86 Å². The Balaban J connectivity index is 3.05. The Morgan fingerprint density at radius 2 is 2.00 bits per heavy atom. The summed E-state index contributed by atoms with van der Waals surface area (Å²) in [5.41, 5.74) is 0.259. The minimum Gasteiger partial charge on any atom is -0.457 e. The SMILES string of the molecule is CNc1cccc(OC(F)(F)CF)c1OCF. The Morgan fingerprint density at radius 1 is 1.29 bits per heavy atom. The Bertz CT molecular complexity index is 373. The summed E-state index contributed by atoms with van der Waals surface area (Å²) < 4.78 is 58.2. The van der Waals surface area contributed by atoms with Crippen molar-refractivity contribution in [1.29, 1.82) is 0 Å². The number of benzene rings is 1. The average molecular weight is 253 g/mol. The van der Waals surface area contributed by atoms with Crippen molar-refractivity contribution in [1.82, 2.24) is 0 Å². The zero-order chi connectivity index (χ0) is 12.9. The van der Waals surface area contributed by atoms with E-state index in [2.05, 4.69) is 14.8 Å². The van der Waals surface area contributed by atoms with E-state index >= 15 is 0 Å². The first-order valence-electron chi connectivity index (χ1n) is 4.66. The first kappa shape index (κ1) is 13.4. The number of ether oxygens (including phenoxy) is 2. The van der Waals surface area contributed by atoms with E-state index in [4.69, 9.17) is 0 Å². The van der Waals surface area contributed by atoms with Gasteiger partial charge in [0.05, 0.1) is 5.69 Å². The van der Waals surface area contributed by atoms with E-state index in [1.807, 2.05) is 0 Å². The molecule has 0 heterocycles. The molecule has 0 fully saturated rings. The van der Waals surface area contributed by atoms with Crippen LogP contribution in [0.5, 0.6) is 11.5 Å². The van der Waals surface area contributed by atoms with Crippen LogP contribution in [0, 0.1) is 0 Å². The lowest BCUT2D eigenvalue weighted by molar-refractivity contribution is -0.187. The molecule has 0 unspecified atom stereocenters. The van der Waals surface area contributed by atoms with Crippen molar-refractivity contribution in [2.45, 2.75) is 6.11 Å². The molecule has 3 nitrogen and oxygen atoms in total. The van der Waals surface area contributed by atoms with Gasteiger partial charge in [-0.1, -0.05) is 6.07 Å². The average Bonchev–Trinajstić information content (AvgIpc) is 2.31. The molecule has 0 aliphatic carbocycles. The minimum atomic E-state index is -3.97. The molecule has 0 saturated heterocycles.